The van der Waals surface area contributed by atoms with Crippen molar-refractivity contribution in [1.82, 2.24) is 18.7 Å². The van der Waals surface area contributed by atoms with Gasteiger partial charge < -0.3 is 0 Å². The highest BCUT2D eigenvalue weighted by Crippen LogP contribution is 2.14. The first-order valence-electron chi connectivity index (χ1n) is 9.51. The largest absolute Gasteiger partial charge is 0.352 e. The van der Waals surface area contributed by atoms with Crippen LogP contribution in [0.15, 0.2) is 88.5 Å². The van der Waals surface area contributed by atoms with Crippen LogP contribution in [0, 0.1) is 0 Å². The van der Waals surface area contributed by atoms with Gasteiger partial charge in [0.25, 0.3) is 5.56 Å². The number of fused-ring (bicyclic) bond motifs is 3. The van der Waals surface area contributed by atoms with Gasteiger partial charge in [-0.05, 0) is 35.4 Å². The van der Waals surface area contributed by atoms with Crippen molar-refractivity contribution >= 4 is 28.3 Å². The number of hydrogen-bond acceptors (Lipinski definition) is 3. The number of para-hydroxylation sites is 1. The highest BCUT2D eigenvalue weighted by molar-refractivity contribution is 6.30. The van der Waals surface area contributed by atoms with E-state index in [4.69, 9.17) is 11.6 Å². The number of nitrogens with zero attached hydrogens (tertiary/aromatic N) is 4. The van der Waals surface area contributed by atoms with Crippen molar-refractivity contribution in [2.24, 2.45) is 0 Å². The first-order chi connectivity index (χ1) is 14.6. The minimum absolute atomic E-state index is 0.175. The van der Waals surface area contributed by atoms with Gasteiger partial charge in [0.2, 0.25) is 5.78 Å². The fourth-order valence-corrected chi connectivity index (χ4v) is 3.77. The molecule has 0 amide bonds. The molecule has 30 heavy (non-hydrogen) atoms. The summed E-state index contributed by atoms with van der Waals surface area (Å²) in [5.74, 6) is 0.321. The van der Waals surface area contributed by atoms with Crippen LogP contribution in [0.5, 0.6) is 0 Å². The van der Waals surface area contributed by atoms with Crippen molar-refractivity contribution in [2.45, 2.75) is 13.1 Å². The average molecular weight is 417 g/mol. The van der Waals surface area contributed by atoms with Gasteiger partial charge in [-0.1, -0.05) is 66.2 Å². The van der Waals surface area contributed by atoms with Gasteiger partial charge in [-0.25, -0.2) is 13.9 Å². The lowest BCUT2D eigenvalue weighted by Crippen LogP contribution is -2.27. The summed E-state index contributed by atoms with van der Waals surface area (Å²) >= 11 is 5.96. The predicted molar refractivity (Wildman–Crippen MR) is 117 cm³/mol. The highest BCUT2D eigenvalue weighted by atomic mass is 35.5. The normalized spacial score (nSPS) is 11.4. The fourth-order valence-electron chi connectivity index (χ4n) is 3.64. The van der Waals surface area contributed by atoms with Crippen molar-refractivity contribution in [1.29, 1.82) is 0 Å². The minimum Gasteiger partial charge on any atom is -0.272 e. The third kappa shape index (κ3) is 3.11. The number of halogens is 1. The van der Waals surface area contributed by atoms with Crippen molar-refractivity contribution in [3.63, 3.8) is 0 Å². The van der Waals surface area contributed by atoms with Gasteiger partial charge in [-0.15, -0.1) is 5.10 Å². The maximum absolute atomic E-state index is 13.3. The third-order valence-electron chi connectivity index (χ3n) is 5.11. The molecule has 0 aliphatic carbocycles. The lowest BCUT2D eigenvalue weighted by Gasteiger charge is -2.09. The molecule has 0 atom stereocenters. The summed E-state index contributed by atoms with van der Waals surface area (Å²) in [6, 6.07) is 24.0. The molecule has 2 heterocycles. The van der Waals surface area contributed by atoms with Crippen LogP contribution in [0.4, 0.5) is 0 Å². The van der Waals surface area contributed by atoms with Crippen molar-refractivity contribution in [3.8, 4) is 0 Å². The van der Waals surface area contributed by atoms with E-state index in [2.05, 4.69) is 5.10 Å². The topological polar surface area (TPSA) is 61.3 Å². The average Bonchev–Trinajstić information content (AvgIpc) is 3.09. The Kier molecular flexibility index (Phi) is 4.48. The minimum atomic E-state index is -0.294. The summed E-state index contributed by atoms with van der Waals surface area (Å²) in [5, 5.41) is 5.64. The maximum atomic E-state index is 13.3. The van der Waals surface area contributed by atoms with E-state index in [-0.39, 0.29) is 17.8 Å². The smallest absolute Gasteiger partial charge is 0.272 e. The molecular weight excluding hydrogens is 400 g/mol. The van der Waals surface area contributed by atoms with Crippen LogP contribution in [-0.4, -0.2) is 18.7 Å². The van der Waals surface area contributed by atoms with Crippen molar-refractivity contribution in [2.75, 3.05) is 0 Å². The second kappa shape index (κ2) is 7.31. The van der Waals surface area contributed by atoms with Crippen LogP contribution in [0.3, 0.4) is 0 Å². The molecule has 148 valence electrons. The van der Waals surface area contributed by atoms with E-state index in [1.54, 1.807) is 34.9 Å². The van der Waals surface area contributed by atoms with E-state index in [0.29, 0.717) is 28.2 Å². The lowest BCUT2D eigenvalue weighted by atomic mass is 10.2. The summed E-state index contributed by atoms with van der Waals surface area (Å²) in [6.07, 6.45) is 0. The monoisotopic (exact) mass is 416 g/mol. The molecule has 3 aromatic carbocycles. The number of aromatic nitrogens is 4. The number of hydrogen-bond donors (Lipinski definition) is 0. The zero-order valence-electron chi connectivity index (χ0n) is 15.9. The molecule has 0 aliphatic rings. The molecule has 0 saturated carbocycles. The second-order valence-electron chi connectivity index (χ2n) is 7.10. The molecule has 5 aromatic rings. The lowest BCUT2D eigenvalue weighted by molar-refractivity contribution is 0.654. The molecule has 0 bridgehead atoms. The van der Waals surface area contributed by atoms with E-state index >= 15 is 0 Å². The van der Waals surface area contributed by atoms with E-state index in [9.17, 15) is 9.59 Å². The Bertz CT molecular complexity index is 1480. The standard InChI is InChI=1S/C23H17ClN4O2/c24-18-12-10-17(11-13-18)15-27-23(30)28-20-9-5-4-8-19(20)21(29)26(22(28)25-27)14-16-6-2-1-3-7-16/h1-13H,14-15H2. The first kappa shape index (κ1) is 18.4. The molecule has 5 rings (SSSR count). The predicted octanol–water partition coefficient (Wildman–Crippen LogP) is 3.56. The number of rotatable bonds is 4. The molecule has 6 nitrogen and oxygen atoms in total. The van der Waals surface area contributed by atoms with Crippen LogP contribution in [0.1, 0.15) is 11.1 Å². The van der Waals surface area contributed by atoms with Gasteiger partial charge in [0.15, 0.2) is 0 Å². The highest BCUT2D eigenvalue weighted by Gasteiger charge is 2.17. The van der Waals surface area contributed by atoms with Gasteiger partial charge in [0.05, 0.1) is 24.0 Å². The molecule has 2 aromatic heterocycles. The van der Waals surface area contributed by atoms with Crippen molar-refractivity contribution in [3.05, 3.63) is 116 Å². The Morgan fingerprint density at radius 1 is 0.767 bits per heavy atom. The summed E-state index contributed by atoms with van der Waals surface area (Å²) in [4.78, 5) is 26.5. The molecule has 0 saturated heterocycles. The molecular formula is C23H17ClN4O2. The van der Waals surface area contributed by atoms with Gasteiger partial charge in [-0.3, -0.25) is 9.36 Å². The van der Waals surface area contributed by atoms with Crippen LogP contribution in [0.25, 0.3) is 16.7 Å². The maximum Gasteiger partial charge on any atom is 0.352 e. The Labute approximate surface area is 176 Å². The van der Waals surface area contributed by atoms with Gasteiger partial charge in [0.1, 0.15) is 0 Å². The molecule has 0 fully saturated rings. The molecule has 0 spiro atoms. The summed E-state index contributed by atoms with van der Waals surface area (Å²) < 4.78 is 4.44. The molecule has 0 aliphatic heterocycles. The SMILES string of the molecule is O=c1c2ccccc2n2c(=O)n(Cc3ccc(Cl)cc3)nc2n1Cc1ccccc1. The van der Waals surface area contributed by atoms with E-state index in [1.807, 2.05) is 48.5 Å². The Balaban J connectivity index is 1.75. The molecule has 0 unspecified atom stereocenters. The van der Waals surface area contributed by atoms with Crippen LogP contribution >= 0.6 is 11.6 Å². The Morgan fingerprint density at radius 3 is 2.20 bits per heavy atom. The van der Waals surface area contributed by atoms with Crippen LogP contribution < -0.4 is 11.2 Å². The molecule has 0 N–H and O–H groups in total. The Hall–Kier alpha value is -3.64. The first-order valence-corrected chi connectivity index (χ1v) is 9.89. The van der Waals surface area contributed by atoms with Crippen LogP contribution in [0.2, 0.25) is 5.02 Å². The zero-order chi connectivity index (χ0) is 20.7. The molecule has 0 radical (unpaired) electrons. The summed E-state index contributed by atoms with van der Waals surface area (Å²) in [5.41, 5.74) is 1.93. The summed E-state index contributed by atoms with van der Waals surface area (Å²) in [7, 11) is 0. The summed E-state index contributed by atoms with van der Waals surface area (Å²) in [6.45, 7) is 0.608. The van der Waals surface area contributed by atoms with E-state index in [0.717, 1.165) is 11.1 Å². The van der Waals surface area contributed by atoms with Gasteiger partial charge >= 0.3 is 5.69 Å². The fraction of sp³-hybridized carbons (Fsp3) is 0.0870. The zero-order valence-corrected chi connectivity index (χ0v) is 16.7. The number of benzene rings is 3. The van der Waals surface area contributed by atoms with Crippen LogP contribution in [-0.2, 0) is 13.1 Å². The Morgan fingerprint density at radius 2 is 1.43 bits per heavy atom. The van der Waals surface area contributed by atoms with Crippen molar-refractivity contribution < 1.29 is 0 Å². The van der Waals surface area contributed by atoms with Gasteiger partial charge in [0, 0.05) is 5.02 Å². The quantitative estimate of drug-likeness (QED) is 0.450. The van der Waals surface area contributed by atoms with E-state index in [1.165, 1.54) is 9.08 Å². The van der Waals surface area contributed by atoms with E-state index < -0.39 is 0 Å². The second-order valence-corrected chi connectivity index (χ2v) is 7.53. The molecule has 7 heteroatoms. The third-order valence-corrected chi connectivity index (χ3v) is 5.37. The van der Waals surface area contributed by atoms with Gasteiger partial charge in [-0.2, -0.15) is 0 Å².